The monoisotopic (exact) mass is 373 g/mol. The van der Waals surface area contributed by atoms with Crippen molar-refractivity contribution in [2.45, 2.75) is 6.04 Å². The highest BCUT2D eigenvalue weighted by Gasteiger charge is 2.23. The van der Waals surface area contributed by atoms with E-state index in [1.54, 1.807) is 19.4 Å². The minimum Gasteiger partial charge on any atom is -0.382 e. The first-order valence-electron chi connectivity index (χ1n) is 8.84. The van der Waals surface area contributed by atoms with Crippen molar-refractivity contribution in [1.29, 1.82) is 0 Å². The van der Waals surface area contributed by atoms with Gasteiger partial charge in [0.05, 0.1) is 12.1 Å². The number of carbonyl (C=O) groups is 1. The molecule has 1 atom stereocenters. The van der Waals surface area contributed by atoms with Gasteiger partial charge in [-0.3, -0.25) is 10.1 Å². The molecule has 4 rings (SSSR count). The fourth-order valence-corrected chi connectivity index (χ4v) is 3.01. The third kappa shape index (κ3) is 3.89. The zero-order chi connectivity index (χ0) is 19.3. The minimum absolute atomic E-state index is 0.217. The molecule has 1 aliphatic rings. The molecule has 7 nitrogen and oxygen atoms in total. The van der Waals surface area contributed by atoms with Crippen molar-refractivity contribution >= 4 is 28.8 Å². The van der Waals surface area contributed by atoms with Crippen LogP contribution in [0.4, 0.5) is 0 Å². The van der Waals surface area contributed by atoms with Gasteiger partial charge < -0.3 is 10.1 Å². The molecule has 2 aromatic carbocycles. The molecule has 28 heavy (non-hydrogen) atoms. The summed E-state index contributed by atoms with van der Waals surface area (Å²) < 4.78 is 5.28. The van der Waals surface area contributed by atoms with Crippen molar-refractivity contribution in [3.05, 3.63) is 77.9 Å². The standard InChI is InChI=1S/C21H19N5O2/c1-28-12-19(15-5-3-2-4-6-15)25-21-24-18(20(27)26-21)10-14-7-8-17-16(9-14)11-22-13-23-17/h2-11,13,19H,12H2,1H3,(H2,24,25,26,27)/b18-10-. The molecule has 1 aliphatic heterocycles. The third-order valence-electron chi connectivity index (χ3n) is 4.36. The van der Waals surface area contributed by atoms with Crippen molar-refractivity contribution in [1.82, 2.24) is 20.6 Å². The smallest absolute Gasteiger partial charge is 0.274 e. The lowest BCUT2D eigenvalue weighted by Crippen LogP contribution is -2.26. The molecule has 0 aliphatic carbocycles. The molecule has 1 amide bonds. The van der Waals surface area contributed by atoms with Gasteiger partial charge in [0, 0.05) is 18.7 Å². The number of aliphatic imine (C=N–C) groups is 1. The topological polar surface area (TPSA) is 88.5 Å². The second kappa shape index (κ2) is 7.98. The average molecular weight is 373 g/mol. The van der Waals surface area contributed by atoms with Gasteiger partial charge in [0.1, 0.15) is 18.1 Å². The normalized spacial score (nSPS) is 17.7. The average Bonchev–Trinajstić information content (AvgIpc) is 3.07. The van der Waals surface area contributed by atoms with Crippen LogP contribution in [0.2, 0.25) is 0 Å². The van der Waals surface area contributed by atoms with E-state index in [-0.39, 0.29) is 11.9 Å². The van der Waals surface area contributed by atoms with E-state index in [0.717, 1.165) is 22.0 Å². The molecule has 2 heterocycles. The van der Waals surface area contributed by atoms with Crippen LogP contribution in [0.15, 0.2) is 71.7 Å². The van der Waals surface area contributed by atoms with E-state index in [0.29, 0.717) is 18.3 Å². The highest BCUT2D eigenvalue weighted by atomic mass is 16.5. The van der Waals surface area contributed by atoms with Gasteiger partial charge in [-0.15, -0.1) is 0 Å². The highest BCUT2D eigenvalue weighted by Crippen LogP contribution is 2.19. The van der Waals surface area contributed by atoms with Gasteiger partial charge in [-0.1, -0.05) is 36.4 Å². The number of carbonyl (C=O) groups excluding carboxylic acids is 1. The van der Waals surface area contributed by atoms with Crippen LogP contribution in [-0.2, 0) is 9.53 Å². The molecule has 1 fully saturated rings. The first-order valence-corrected chi connectivity index (χ1v) is 8.84. The molecular weight excluding hydrogens is 354 g/mol. The van der Waals surface area contributed by atoms with Gasteiger partial charge in [0.2, 0.25) is 5.96 Å². The Morgan fingerprint density at radius 1 is 1.18 bits per heavy atom. The summed E-state index contributed by atoms with van der Waals surface area (Å²) in [4.78, 5) is 25.2. The molecule has 140 valence electrons. The summed E-state index contributed by atoms with van der Waals surface area (Å²) in [6, 6.07) is 15.3. The number of hydrogen-bond donors (Lipinski definition) is 2. The molecule has 3 aromatic rings. The zero-order valence-electron chi connectivity index (χ0n) is 15.3. The van der Waals surface area contributed by atoms with Gasteiger partial charge in [0.15, 0.2) is 0 Å². The number of rotatable bonds is 5. The van der Waals surface area contributed by atoms with Crippen molar-refractivity contribution in [2.24, 2.45) is 4.99 Å². The highest BCUT2D eigenvalue weighted by molar-refractivity contribution is 6.15. The summed E-state index contributed by atoms with van der Waals surface area (Å²) in [6.07, 6.45) is 5.03. The fraction of sp³-hybridized carbons (Fsp3) is 0.143. The zero-order valence-corrected chi connectivity index (χ0v) is 15.3. The van der Waals surface area contributed by atoms with Crippen molar-refractivity contribution in [3.8, 4) is 0 Å². The van der Waals surface area contributed by atoms with Crippen LogP contribution in [0, 0.1) is 0 Å². The first kappa shape index (κ1) is 17.8. The molecule has 1 saturated heterocycles. The molecule has 0 saturated carbocycles. The maximum atomic E-state index is 12.3. The van der Waals surface area contributed by atoms with E-state index in [1.165, 1.54) is 6.33 Å². The van der Waals surface area contributed by atoms with Crippen LogP contribution in [0.1, 0.15) is 17.2 Å². The molecule has 1 unspecified atom stereocenters. The molecular formula is C21H19N5O2. The molecule has 0 bridgehead atoms. The van der Waals surface area contributed by atoms with E-state index < -0.39 is 0 Å². The van der Waals surface area contributed by atoms with E-state index in [4.69, 9.17) is 4.74 Å². The van der Waals surface area contributed by atoms with E-state index >= 15 is 0 Å². The van der Waals surface area contributed by atoms with Crippen molar-refractivity contribution in [2.75, 3.05) is 13.7 Å². The quantitative estimate of drug-likeness (QED) is 0.671. The summed E-state index contributed by atoms with van der Waals surface area (Å²) >= 11 is 0. The minimum atomic E-state index is -0.229. The summed E-state index contributed by atoms with van der Waals surface area (Å²) in [6.45, 7) is 0.411. The maximum Gasteiger partial charge on any atom is 0.274 e. The van der Waals surface area contributed by atoms with Gasteiger partial charge in [-0.05, 0) is 29.3 Å². The lowest BCUT2D eigenvalue weighted by atomic mass is 10.1. The Morgan fingerprint density at radius 3 is 2.86 bits per heavy atom. The predicted octanol–water partition coefficient (Wildman–Crippen LogP) is 2.43. The second-order valence-corrected chi connectivity index (χ2v) is 6.34. The van der Waals surface area contributed by atoms with E-state index in [9.17, 15) is 4.79 Å². The first-order chi connectivity index (χ1) is 13.7. The number of nitrogens with one attached hydrogen (secondary N) is 2. The molecule has 0 radical (unpaired) electrons. The van der Waals surface area contributed by atoms with E-state index in [1.807, 2.05) is 48.5 Å². The Kier molecular flexibility index (Phi) is 5.07. The second-order valence-electron chi connectivity index (χ2n) is 6.34. The number of methoxy groups -OCH3 is 1. The summed E-state index contributed by atoms with van der Waals surface area (Å²) in [5, 5.41) is 6.74. The predicted molar refractivity (Wildman–Crippen MR) is 107 cm³/mol. The number of aromatic nitrogens is 2. The van der Waals surface area contributed by atoms with Gasteiger partial charge in [-0.2, -0.15) is 0 Å². The number of guanidine groups is 1. The number of ether oxygens (including phenoxy) is 1. The summed E-state index contributed by atoms with van der Waals surface area (Å²) in [5.41, 5.74) is 3.17. The Balaban J connectivity index is 1.58. The number of hydrogen-bond acceptors (Lipinski definition) is 5. The Hall–Kier alpha value is -3.58. The maximum absolute atomic E-state index is 12.3. The SMILES string of the molecule is COCC(N=C1NC(=O)/C(=C/c2ccc3ncncc3c2)N1)c1ccccc1. The van der Waals surface area contributed by atoms with Crippen LogP contribution in [-0.4, -0.2) is 35.6 Å². The van der Waals surface area contributed by atoms with E-state index in [2.05, 4.69) is 25.6 Å². The van der Waals surface area contributed by atoms with Gasteiger partial charge in [-0.25, -0.2) is 15.0 Å². The van der Waals surface area contributed by atoms with Crippen molar-refractivity contribution < 1.29 is 9.53 Å². The van der Waals surface area contributed by atoms with Crippen LogP contribution in [0.5, 0.6) is 0 Å². The van der Waals surface area contributed by atoms with Crippen molar-refractivity contribution in [3.63, 3.8) is 0 Å². The number of amides is 1. The Labute approximate surface area is 162 Å². The van der Waals surface area contributed by atoms with Gasteiger partial charge in [0.25, 0.3) is 5.91 Å². The van der Waals surface area contributed by atoms with Crippen LogP contribution in [0.25, 0.3) is 17.0 Å². The molecule has 7 heteroatoms. The van der Waals surface area contributed by atoms with Gasteiger partial charge >= 0.3 is 0 Å². The summed E-state index contributed by atoms with van der Waals surface area (Å²) in [7, 11) is 1.63. The molecule has 1 aromatic heterocycles. The molecule has 0 spiro atoms. The largest absolute Gasteiger partial charge is 0.382 e. The lowest BCUT2D eigenvalue weighted by Gasteiger charge is -2.12. The van der Waals surface area contributed by atoms with Crippen LogP contribution >= 0.6 is 0 Å². The Morgan fingerprint density at radius 2 is 2.04 bits per heavy atom. The fourth-order valence-electron chi connectivity index (χ4n) is 3.01. The Bertz CT molecular complexity index is 1060. The number of benzene rings is 2. The number of fused-ring (bicyclic) bond motifs is 1. The van der Waals surface area contributed by atoms with Crippen LogP contribution in [0.3, 0.4) is 0 Å². The van der Waals surface area contributed by atoms with Crippen LogP contribution < -0.4 is 10.6 Å². The third-order valence-corrected chi connectivity index (χ3v) is 4.36. The number of nitrogens with zero attached hydrogens (tertiary/aromatic N) is 3. The summed E-state index contributed by atoms with van der Waals surface area (Å²) in [5.74, 6) is 0.179. The lowest BCUT2D eigenvalue weighted by molar-refractivity contribution is -0.115. The molecule has 2 N–H and O–H groups in total.